The normalized spacial score (nSPS) is 0. The van der Waals surface area contributed by atoms with Crippen LogP contribution in [0.5, 0.6) is 0 Å². The van der Waals surface area contributed by atoms with Crippen LogP contribution in [0.3, 0.4) is 0 Å². The van der Waals surface area contributed by atoms with Gasteiger partial charge in [0.25, 0.3) is 0 Å². The van der Waals surface area contributed by atoms with E-state index >= 15 is 0 Å². The van der Waals surface area contributed by atoms with Gasteiger partial charge in [0, 0.05) is 19.5 Å². The average Bonchev–Trinajstić information content (AvgIpc) is 0. The Morgan fingerprint density at radius 1 is 0.429 bits per heavy atom. The fourth-order valence-electron chi connectivity index (χ4n) is 0. The van der Waals surface area contributed by atoms with Crippen molar-refractivity contribution in [1.29, 1.82) is 0 Å². The molecule has 57 valence electrons. The molecule has 3 nitrogen and oxygen atoms in total. The quantitative estimate of drug-likeness (QED) is 0.492. The van der Waals surface area contributed by atoms with Crippen molar-refractivity contribution in [1.82, 2.24) is 0 Å². The molecule has 0 spiro atoms. The molecule has 0 unspecified atom stereocenters. The Labute approximate surface area is 73.2 Å². The third kappa shape index (κ3) is 113. The second kappa shape index (κ2) is 159. The number of rotatable bonds is 0. The van der Waals surface area contributed by atoms with E-state index in [1.807, 2.05) is 0 Å². The third-order valence-corrected chi connectivity index (χ3v) is 0. The largest absolute Gasteiger partial charge is 0.412 e. The second-order valence-electron chi connectivity index (χ2n) is 0. The third-order valence-electron chi connectivity index (χ3n) is 0. The molecular weight excluding hydrogens is 257 g/mol. The van der Waals surface area contributed by atoms with Crippen LogP contribution in [0.1, 0.15) is 0 Å². The standard InChI is InChI=1S/3ClH.3H2O.Rh/h3*1H;3*1H2;. The van der Waals surface area contributed by atoms with Gasteiger partial charge in [-0.15, -0.1) is 37.2 Å². The molecular formula is H9Cl3O3Rh. The maximum absolute atomic E-state index is 0. The Hall–Kier alpha value is 1.37. The van der Waals surface area contributed by atoms with Gasteiger partial charge in [-0.1, -0.05) is 0 Å². The Morgan fingerprint density at radius 3 is 0.429 bits per heavy atom. The van der Waals surface area contributed by atoms with Gasteiger partial charge in [-0.2, -0.15) is 0 Å². The zero-order chi connectivity index (χ0) is 0. The molecule has 0 aliphatic rings. The van der Waals surface area contributed by atoms with Crippen molar-refractivity contribution in [3.05, 3.63) is 0 Å². The van der Waals surface area contributed by atoms with Crippen molar-refractivity contribution < 1.29 is 35.9 Å². The van der Waals surface area contributed by atoms with E-state index in [1.54, 1.807) is 0 Å². The topological polar surface area (TPSA) is 94.5 Å². The first-order chi connectivity index (χ1) is 0. The Balaban J connectivity index is 0. The first-order valence-corrected chi connectivity index (χ1v) is 0. The first kappa shape index (κ1) is 241. The summed E-state index contributed by atoms with van der Waals surface area (Å²) in [4.78, 5) is 0. The van der Waals surface area contributed by atoms with Crippen molar-refractivity contribution >= 4 is 37.2 Å². The molecule has 0 amide bonds. The van der Waals surface area contributed by atoms with Crippen LogP contribution >= 0.6 is 37.2 Å². The molecule has 0 atom stereocenters. The average molecular weight is 266 g/mol. The van der Waals surface area contributed by atoms with Crippen LogP contribution in [0, 0.1) is 0 Å². The van der Waals surface area contributed by atoms with Crippen LogP contribution in [-0.2, 0) is 19.5 Å². The molecule has 0 aromatic rings. The summed E-state index contributed by atoms with van der Waals surface area (Å²) in [5.41, 5.74) is 0. The monoisotopic (exact) mass is 265 g/mol. The SMILES string of the molecule is Cl.Cl.Cl.O.O.O.[Rh]. The van der Waals surface area contributed by atoms with Crippen LogP contribution < -0.4 is 0 Å². The minimum absolute atomic E-state index is 0. The van der Waals surface area contributed by atoms with E-state index in [-0.39, 0.29) is 73.1 Å². The number of hydrogen-bond acceptors (Lipinski definition) is 0. The summed E-state index contributed by atoms with van der Waals surface area (Å²) in [7, 11) is 0. The van der Waals surface area contributed by atoms with Gasteiger partial charge in [0.15, 0.2) is 0 Å². The van der Waals surface area contributed by atoms with E-state index in [0.29, 0.717) is 0 Å². The van der Waals surface area contributed by atoms with Gasteiger partial charge in [0.05, 0.1) is 0 Å². The van der Waals surface area contributed by atoms with Crippen molar-refractivity contribution in [3.63, 3.8) is 0 Å². The number of halogens is 3. The molecule has 1 radical (unpaired) electrons. The summed E-state index contributed by atoms with van der Waals surface area (Å²) in [6, 6.07) is 0. The summed E-state index contributed by atoms with van der Waals surface area (Å²) < 4.78 is 0. The maximum atomic E-state index is 0. The van der Waals surface area contributed by atoms with Gasteiger partial charge >= 0.3 is 0 Å². The molecule has 6 N–H and O–H groups in total. The zero-order valence-corrected chi connectivity index (χ0v) is 7.15. The molecule has 0 heterocycles. The summed E-state index contributed by atoms with van der Waals surface area (Å²) in [6.45, 7) is 0. The molecule has 0 aliphatic heterocycles. The van der Waals surface area contributed by atoms with Crippen molar-refractivity contribution in [3.8, 4) is 0 Å². The van der Waals surface area contributed by atoms with E-state index in [0.717, 1.165) is 0 Å². The Morgan fingerprint density at radius 2 is 0.429 bits per heavy atom. The fraction of sp³-hybridized carbons (Fsp3) is 0. The predicted molar refractivity (Wildman–Crippen MR) is 32.6 cm³/mol. The van der Waals surface area contributed by atoms with Crippen LogP contribution in [0.25, 0.3) is 0 Å². The molecule has 0 saturated heterocycles. The summed E-state index contributed by atoms with van der Waals surface area (Å²) in [5.74, 6) is 0. The van der Waals surface area contributed by atoms with E-state index in [2.05, 4.69) is 0 Å². The van der Waals surface area contributed by atoms with Crippen molar-refractivity contribution in [2.24, 2.45) is 0 Å². The Kier molecular flexibility index (Phi) is 5470. The van der Waals surface area contributed by atoms with Gasteiger partial charge in [-0.05, 0) is 0 Å². The van der Waals surface area contributed by atoms with Gasteiger partial charge in [-0.25, -0.2) is 0 Å². The second-order valence-corrected chi connectivity index (χ2v) is 0. The maximum Gasteiger partial charge on any atom is 0 e. The minimum Gasteiger partial charge on any atom is -0.412 e. The van der Waals surface area contributed by atoms with Crippen LogP contribution in [0.4, 0.5) is 0 Å². The van der Waals surface area contributed by atoms with Crippen LogP contribution in [0.15, 0.2) is 0 Å². The van der Waals surface area contributed by atoms with E-state index in [9.17, 15) is 0 Å². The van der Waals surface area contributed by atoms with Crippen LogP contribution in [0.2, 0.25) is 0 Å². The van der Waals surface area contributed by atoms with E-state index in [1.165, 1.54) is 0 Å². The van der Waals surface area contributed by atoms with E-state index in [4.69, 9.17) is 0 Å². The molecule has 7 heteroatoms. The van der Waals surface area contributed by atoms with Gasteiger partial charge in [0.2, 0.25) is 0 Å². The summed E-state index contributed by atoms with van der Waals surface area (Å²) in [6.07, 6.45) is 0. The zero-order valence-electron chi connectivity index (χ0n) is 3.06. The number of hydrogen-bond donors (Lipinski definition) is 0. The molecule has 0 bridgehead atoms. The van der Waals surface area contributed by atoms with E-state index < -0.39 is 0 Å². The molecule has 0 aliphatic carbocycles. The first-order valence-electron chi connectivity index (χ1n) is 0. The minimum atomic E-state index is 0. The fourth-order valence-corrected chi connectivity index (χ4v) is 0. The van der Waals surface area contributed by atoms with Crippen molar-refractivity contribution in [2.75, 3.05) is 0 Å². The molecule has 0 saturated carbocycles. The van der Waals surface area contributed by atoms with Crippen LogP contribution in [-0.4, -0.2) is 16.4 Å². The molecule has 0 rings (SSSR count). The smallest absolute Gasteiger partial charge is 0 e. The molecule has 0 aromatic carbocycles. The van der Waals surface area contributed by atoms with Gasteiger partial charge in [-0.3, -0.25) is 0 Å². The Bertz CT molecular complexity index is 10.1. The van der Waals surface area contributed by atoms with Gasteiger partial charge < -0.3 is 16.4 Å². The predicted octanol–water partition coefficient (Wildman–Crippen LogP) is -1.21. The molecule has 7 heavy (non-hydrogen) atoms. The van der Waals surface area contributed by atoms with Gasteiger partial charge in [0.1, 0.15) is 0 Å². The van der Waals surface area contributed by atoms with Crippen molar-refractivity contribution in [2.45, 2.75) is 0 Å². The summed E-state index contributed by atoms with van der Waals surface area (Å²) in [5, 5.41) is 0. The summed E-state index contributed by atoms with van der Waals surface area (Å²) >= 11 is 0. The molecule has 0 aromatic heterocycles. The molecule has 0 fully saturated rings.